The fourth-order valence-corrected chi connectivity index (χ4v) is 5.69. The summed E-state index contributed by atoms with van der Waals surface area (Å²) in [5, 5.41) is 16.1. The molecule has 1 aromatic heterocycles. The van der Waals surface area contributed by atoms with Crippen LogP contribution in [0.1, 0.15) is 35.3 Å². The third kappa shape index (κ3) is 6.14. The number of thiophene rings is 1. The van der Waals surface area contributed by atoms with Crippen LogP contribution in [0.5, 0.6) is 0 Å². The number of morpholine rings is 1. The Morgan fingerprint density at radius 3 is 2.44 bits per heavy atom. The first-order chi connectivity index (χ1) is 16.5. The lowest BCUT2D eigenvalue weighted by atomic mass is 10.1. The van der Waals surface area contributed by atoms with Crippen LogP contribution in [0, 0.1) is 11.3 Å². The lowest BCUT2D eigenvalue weighted by Crippen LogP contribution is -2.36. The van der Waals surface area contributed by atoms with Gasteiger partial charge in [0.25, 0.3) is 0 Å². The first kappa shape index (κ1) is 24.2. The monoisotopic (exact) mass is 481 g/mol. The molecular formula is C25H31N5O3S. The largest absolute Gasteiger partial charge is 0.378 e. The Hall–Kier alpha value is -2.93. The summed E-state index contributed by atoms with van der Waals surface area (Å²) in [7, 11) is 1.73. The van der Waals surface area contributed by atoms with Crippen LogP contribution >= 0.6 is 11.3 Å². The van der Waals surface area contributed by atoms with E-state index in [1.54, 1.807) is 11.9 Å². The van der Waals surface area contributed by atoms with E-state index in [1.165, 1.54) is 22.6 Å². The Labute approximate surface area is 204 Å². The highest BCUT2D eigenvalue weighted by Crippen LogP contribution is 2.36. The van der Waals surface area contributed by atoms with Gasteiger partial charge in [-0.1, -0.05) is 6.42 Å². The molecule has 1 aliphatic carbocycles. The number of anilines is 3. The van der Waals surface area contributed by atoms with E-state index in [1.807, 2.05) is 24.3 Å². The normalized spacial score (nSPS) is 15.9. The van der Waals surface area contributed by atoms with Crippen molar-refractivity contribution in [2.24, 2.45) is 0 Å². The molecule has 0 unspecified atom stereocenters. The van der Waals surface area contributed by atoms with Crippen molar-refractivity contribution in [3.8, 4) is 6.07 Å². The molecule has 0 saturated carbocycles. The van der Waals surface area contributed by atoms with Crippen molar-refractivity contribution < 1.29 is 14.3 Å². The van der Waals surface area contributed by atoms with Gasteiger partial charge in [-0.15, -0.1) is 11.3 Å². The van der Waals surface area contributed by atoms with Crippen molar-refractivity contribution in [2.45, 2.75) is 32.1 Å². The van der Waals surface area contributed by atoms with E-state index in [4.69, 9.17) is 4.74 Å². The predicted octanol–water partition coefficient (Wildman–Crippen LogP) is 3.23. The first-order valence-corrected chi connectivity index (χ1v) is 12.6. The van der Waals surface area contributed by atoms with Gasteiger partial charge in [0.1, 0.15) is 11.1 Å². The predicted molar refractivity (Wildman–Crippen MR) is 135 cm³/mol. The average molecular weight is 482 g/mol. The lowest BCUT2D eigenvalue weighted by Gasteiger charge is -2.28. The molecule has 1 saturated heterocycles. The molecule has 2 aliphatic rings. The zero-order valence-electron chi connectivity index (χ0n) is 19.6. The molecule has 2 aromatic rings. The number of hydrogen-bond donors (Lipinski definition) is 2. The Bertz CT molecular complexity index is 1050. The van der Waals surface area contributed by atoms with E-state index in [-0.39, 0.29) is 24.9 Å². The number of nitrogens with zero attached hydrogens (tertiary/aromatic N) is 3. The Morgan fingerprint density at radius 1 is 1.06 bits per heavy atom. The van der Waals surface area contributed by atoms with Gasteiger partial charge in [-0.05, 0) is 62.6 Å². The van der Waals surface area contributed by atoms with Crippen molar-refractivity contribution in [2.75, 3.05) is 62.0 Å². The topological polar surface area (TPSA) is 97.7 Å². The van der Waals surface area contributed by atoms with Gasteiger partial charge in [-0.3, -0.25) is 14.5 Å². The van der Waals surface area contributed by atoms with E-state index in [2.05, 4.69) is 21.6 Å². The molecule has 0 bridgehead atoms. The number of amides is 2. The number of fused-ring (bicyclic) bond motifs is 1. The number of ether oxygens (including phenoxy) is 1. The van der Waals surface area contributed by atoms with Gasteiger partial charge in [0.05, 0.1) is 31.9 Å². The number of nitriles is 1. The molecule has 9 heteroatoms. The highest BCUT2D eigenvalue weighted by molar-refractivity contribution is 7.16. The second kappa shape index (κ2) is 11.5. The number of carbonyl (C=O) groups is 2. The quantitative estimate of drug-likeness (QED) is 0.590. The number of carbonyl (C=O) groups excluding carboxylic acids is 2. The summed E-state index contributed by atoms with van der Waals surface area (Å²) in [5.74, 6) is -0.409. The van der Waals surface area contributed by atoms with Crippen molar-refractivity contribution in [1.29, 1.82) is 5.26 Å². The van der Waals surface area contributed by atoms with Crippen molar-refractivity contribution in [3.05, 3.63) is 40.3 Å². The summed E-state index contributed by atoms with van der Waals surface area (Å²) in [6.45, 7) is 3.34. The highest BCUT2D eigenvalue weighted by Gasteiger charge is 2.21. The van der Waals surface area contributed by atoms with Gasteiger partial charge >= 0.3 is 0 Å². The Kier molecular flexibility index (Phi) is 8.16. The first-order valence-electron chi connectivity index (χ1n) is 11.8. The summed E-state index contributed by atoms with van der Waals surface area (Å²) in [6, 6.07) is 10.0. The smallest absolute Gasteiger partial charge is 0.239 e. The molecule has 1 aromatic carbocycles. The maximum absolute atomic E-state index is 12.6. The molecule has 4 rings (SSSR count). The fourth-order valence-electron chi connectivity index (χ4n) is 4.44. The molecule has 0 atom stereocenters. The minimum Gasteiger partial charge on any atom is -0.378 e. The minimum absolute atomic E-state index is 0.0663. The van der Waals surface area contributed by atoms with Gasteiger partial charge in [-0.25, -0.2) is 0 Å². The number of benzene rings is 1. The van der Waals surface area contributed by atoms with Crippen molar-refractivity contribution in [1.82, 2.24) is 4.90 Å². The molecule has 2 amide bonds. The standard InChI is InChI=1S/C25H31N5O3S/c1-29(16-23(31)27-18-7-9-19(10-8-18)30-11-13-33-14-12-30)17-24(32)28-25-21(15-26)20-5-3-2-4-6-22(20)34-25/h7-10H,2-6,11-14,16-17H2,1H3,(H,27,31)(H,28,32). The maximum Gasteiger partial charge on any atom is 0.239 e. The number of rotatable bonds is 7. The second-order valence-electron chi connectivity index (χ2n) is 8.80. The van der Waals surface area contributed by atoms with Gasteiger partial charge < -0.3 is 20.3 Å². The molecule has 1 fully saturated rings. The summed E-state index contributed by atoms with van der Waals surface area (Å²) in [5.41, 5.74) is 3.54. The van der Waals surface area contributed by atoms with E-state index < -0.39 is 0 Å². The van der Waals surface area contributed by atoms with Crippen LogP contribution < -0.4 is 15.5 Å². The van der Waals surface area contributed by atoms with Gasteiger partial charge in [0.15, 0.2) is 0 Å². The van der Waals surface area contributed by atoms with Crippen LogP contribution in [-0.4, -0.2) is 63.2 Å². The minimum atomic E-state index is -0.224. The maximum atomic E-state index is 12.6. The van der Waals surface area contributed by atoms with E-state index in [9.17, 15) is 14.9 Å². The summed E-state index contributed by atoms with van der Waals surface area (Å²) >= 11 is 1.52. The summed E-state index contributed by atoms with van der Waals surface area (Å²) in [4.78, 5) is 30.2. The third-order valence-corrected chi connectivity index (χ3v) is 7.35. The molecule has 8 nitrogen and oxygen atoms in total. The number of likely N-dealkylation sites (N-methyl/N-ethyl adjacent to an activating group) is 1. The van der Waals surface area contributed by atoms with E-state index in [0.717, 1.165) is 68.9 Å². The molecule has 1 aliphatic heterocycles. The van der Waals surface area contributed by atoms with Crippen LogP contribution in [0.15, 0.2) is 24.3 Å². The molecule has 0 spiro atoms. The highest BCUT2D eigenvalue weighted by atomic mass is 32.1. The van der Waals surface area contributed by atoms with Crippen LogP contribution in [0.3, 0.4) is 0 Å². The fraction of sp³-hybridized carbons (Fsp3) is 0.480. The van der Waals surface area contributed by atoms with E-state index >= 15 is 0 Å². The van der Waals surface area contributed by atoms with Crippen LogP contribution in [0.2, 0.25) is 0 Å². The number of aryl methyl sites for hydroxylation is 1. The van der Waals surface area contributed by atoms with Crippen molar-refractivity contribution >= 4 is 39.5 Å². The summed E-state index contributed by atoms with van der Waals surface area (Å²) in [6.07, 6.45) is 5.26. The molecule has 2 N–H and O–H groups in total. The van der Waals surface area contributed by atoms with Crippen LogP contribution in [0.4, 0.5) is 16.4 Å². The van der Waals surface area contributed by atoms with Gasteiger partial charge in [0, 0.05) is 29.3 Å². The number of nitrogens with one attached hydrogen (secondary N) is 2. The zero-order chi connectivity index (χ0) is 23.9. The van der Waals surface area contributed by atoms with E-state index in [0.29, 0.717) is 10.6 Å². The van der Waals surface area contributed by atoms with Crippen LogP contribution in [-0.2, 0) is 27.2 Å². The molecule has 0 radical (unpaired) electrons. The Morgan fingerprint density at radius 2 is 1.74 bits per heavy atom. The average Bonchev–Trinajstić information content (AvgIpc) is 2.98. The molecule has 180 valence electrons. The van der Waals surface area contributed by atoms with Crippen LogP contribution in [0.25, 0.3) is 0 Å². The third-order valence-electron chi connectivity index (χ3n) is 6.14. The molecule has 2 heterocycles. The molecule has 34 heavy (non-hydrogen) atoms. The zero-order valence-corrected chi connectivity index (χ0v) is 20.4. The Balaban J connectivity index is 1.26. The van der Waals surface area contributed by atoms with Crippen molar-refractivity contribution in [3.63, 3.8) is 0 Å². The van der Waals surface area contributed by atoms with Gasteiger partial charge in [-0.2, -0.15) is 5.26 Å². The summed E-state index contributed by atoms with van der Waals surface area (Å²) < 4.78 is 5.38. The van der Waals surface area contributed by atoms with Gasteiger partial charge in [0.2, 0.25) is 11.8 Å². The lowest BCUT2D eigenvalue weighted by molar-refractivity contribution is -0.119. The SMILES string of the molecule is CN(CC(=O)Nc1ccc(N2CCOCC2)cc1)CC(=O)Nc1sc2c(c1C#N)CCCCC2. The molecular weight excluding hydrogens is 450 g/mol. The number of hydrogen-bond acceptors (Lipinski definition) is 7. The second-order valence-corrected chi connectivity index (χ2v) is 9.90.